The van der Waals surface area contributed by atoms with Crippen LogP contribution in [0.15, 0.2) is 23.4 Å². The molecule has 0 spiro atoms. The summed E-state index contributed by atoms with van der Waals surface area (Å²) in [5.41, 5.74) is 7.88. The lowest BCUT2D eigenvalue weighted by Crippen LogP contribution is -2.32. The topological polar surface area (TPSA) is 108 Å². The van der Waals surface area contributed by atoms with Gasteiger partial charge in [0.15, 0.2) is 5.82 Å². The zero-order valence-corrected chi connectivity index (χ0v) is 13.5. The van der Waals surface area contributed by atoms with Crippen molar-refractivity contribution in [3.05, 3.63) is 35.3 Å². The number of hydrazone groups is 1. The molecule has 126 valence electrons. The molecule has 24 heavy (non-hydrogen) atoms. The van der Waals surface area contributed by atoms with Crippen LogP contribution in [-0.2, 0) is 20.0 Å². The molecule has 3 N–H and O–H groups in total. The third-order valence-electron chi connectivity index (χ3n) is 3.96. The zero-order valence-electron chi connectivity index (χ0n) is 13.5. The van der Waals surface area contributed by atoms with Crippen LogP contribution in [0.2, 0.25) is 0 Å². The number of nitrogens with one attached hydrogen (secondary N) is 2. The van der Waals surface area contributed by atoms with Crippen molar-refractivity contribution in [3.63, 3.8) is 0 Å². The normalized spacial score (nSPS) is 13.8. The Kier molecular flexibility index (Phi) is 4.32. The van der Waals surface area contributed by atoms with E-state index < -0.39 is 5.97 Å². The molecular weight excluding hydrogens is 310 g/mol. The molecule has 0 unspecified atom stereocenters. The molecule has 9 heteroatoms. The highest BCUT2D eigenvalue weighted by atomic mass is 16.4. The van der Waals surface area contributed by atoms with Crippen molar-refractivity contribution in [2.24, 2.45) is 12.1 Å². The molecule has 3 rings (SSSR count). The van der Waals surface area contributed by atoms with Gasteiger partial charge in [-0.2, -0.15) is 10.1 Å². The summed E-state index contributed by atoms with van der Waals surface area (Å²) < 4.78 is 1.73. The summed E-state index contributed by atoms with van der Waals surface area (Å²) in [5.74, 6) is 0.281. The van der Waals surface area contributed by atoms with Crippen LogP contribution in [0.1, 0.15) is 28.7 Å². The van der Waals surface area contributed by atoms with E-state index in [1.807, 2.05) is 4.90 Å². The number of hydrazine groups is 1. The first-order valence-corrected chi connectivity index (χ1v) is 7.57. The number of carboxylic acid groups (broad SMARTS) is 1. The number of nitrogens with zero attached hydrogens (tertiary/aromatic N) is 5. The van der Waals surface area contributed by atoms with Gasteiger partial charge in [-0.1, -0.05) is 0 Å². The Morgan fingerprint density at radius 2 is 2.33 bits per heavy atom. The predicted molar refractivity (Wildman–Crippen MR) is 90.1 cm³/mol. The number of hydrogen-bond donors (Lipinski definition) is 3. The number of anilines is 2. The van der Waals surface area contributed by atoms with Crippen LogP contribution in [0.4, 0.5) is 11.8 Å². The van der Waals surface area contributed by atoms with Crippen LogP contribution in [-0.4, -0.2) is 38.4 Å². The van der Waals surface area contributed by atoms with E-state index in [0.717, 1.165) is 24.2 Å². The van der Waals surface area contributed by atoms with E-state index in [-0.39, 0.29) is 0 Å². The fraction of sp³-hybridized carbons (Fsp3) is 0.333. The first-order chi connectivity index (χ1) is 11.6. The van der Waals surface area contributed by atoms with E-state index in [1.165, 1.54) is 0 Å². The van der Waals surface area contributed by atoms with E-state index >= 15 is 0 Å². The highest BCUT2D eigenvalue weighted by molar-refractivity contribution is 5.86. The maximum Gasteiger partial charge on any atom is 0.352 e. The Morgan fingerprint density at radius 1 is 1.50 bits per heavy atom. The number of hydrogen-bond acceptors (Lipinski definition) is 7. The molecule has 2 aromatic heterocycles. The summed E-state index contributed by atoms with van der Waals surface area (Å²) in [6, 6.07) is 3.49. The number of rotatable bonds is 5. The number of aromatic carboxylic acids is 1. The van der Waals surface area contributed by atoms with Gasteiger partial charge in [0.05, 0.1) is 6.54 Å². The standard InChI is InChI=1S/C15H19N7O2/c1-3-17-20-19-13-4-6-16-15(18-13)22-7-5-10-8-11(14(23)24)21(2)12(10)9-22/h3-4,6,8,20H,5,7,9H2,1-2H3,(H,23,24)(H,16,18,19)/b17-3-. The fourth-order valence-corrected chi connectivity index (χ4v) is 2.75. The van der Waals surface area contributed by atoms with Crippen molar-refractivity contribution < 1.29 is 9.90 Å². The first-order valence-electron chi connectivity index (χ1n) is 7.57. The van der Waals surface area contributed by atoms with Crippen molar-refractivity contribution in [1.82, 2.24) is 20.1 Å². The van der Waals surface area contributed by atoms with Crippen LogP contribution >= 0.6 is 0 Å². The molecule has 0 bridgehead atoms. The predicted octanol–water partition coefficient (Wildman–Crippen LogP) is 0.998. The minimum absolute atomic E-state index is 0.305. The lowest BCUT2D eigenvalue weighted by molar-refractivity contribution is 0.0686. The van der Waals surface area contributed by atoms with Crippen molar-refractivity contribution in [1.29, 1.82) is 0 Å². The summed E-state index contributed by atoms with van der Waals surface area (Å²) in [5, 5.41) is 13.1. The number of aromatic nitrogens is 3. The van der Waals surface area contributed by atoms with E-state index in [9.17, 15) is 9.90 Å². The van der Waals surface area contributed by atoms with Gasteiger partial charge in [0, 0.05) is 37.8 Å². The molecule has 0 saturated carbocycles. The second-order valence-electron chi connectivity index (χ2n) is 5.40. The van der Waals surface area contributed by atoms with Crippen LogP contribution in [0.25, 0.3) is 0 Å². The van der Waals surface area contributed by atoms with Crippen LogP contribution < -0.4 is 15.9 Å². The second kappa shape index (κ2) is 6.57. The molecule has 0 amide bonds. The highest BCUT2D eigenvalue weighted by Crippen LogP contribution is 2.25. The SMILES string of the molecule is C/C=N\NNc1ccnc(N2CCc3cc(C(=O)O)n(C)c3C2)n1. The minimum Gasteiger partial charge on any atom is -0.477 e. The molecule has 0 radical (unpaired) electrons. The highest BCUT2D eigenvalue weighted by Gasteiger charge is 2.24. The second-order valence-corrected chi connectivity index (χ2v) is 5.40. The summed E-state index contributed by atoms with van der Waals surface area (Å²) in [6.07, 6.45) is 4.05. The van der Waals surface area contributed by atoms with Crippen LogP contribution in [0.3, 0.4) is 0 Å². The lowest BCUT2D eigenvalue weighted by Gasteiger charge is -2.28. The van der Waals surface area contributed by atoms with Gasteiger partial charge in [0.1, 0.15) is 5.69 Å². The van der Waals surface area contributed by atoms with Crippen LogP contribution in [0, 0.1) is 0 Å². The van der Waals surface area contributed by atoms with E-state index in [0.29, 0.717) is 24.0 Å². The average molecular weight is 329 g/mol. The third kappa shape index (κ3) is 3.00. The molecule has 0 fully saturated rings. The Hall–Kier alpha value is -3.10. The Balaban J connectivity index is 1.80. The van der Waals surface area contributed by atoms with Gasteiger partial charge in [-0.25, -0.2) is 15.3 Å². The maximum atomic E-state index is 11.3. The van der Waals surface area contributed by atoms with Gasteiger partial charge >= 0.3 is 5.97 Å². The molecule has 0 saturated heterocycles. The summed E-state index contributed by atoms with van der Waals surface area (Å²) >= 11 is 0. The quantitative estimate of drug-likeness (QED) is 0.555. The fourth-order valence-electron chi connectivity index (χ4n) is 2.75. The zero-order chi connectivity index (χ0) is 17.1. The number of carboxylic acids is 1. The molecule has 0 aromatic carbocycles. The molecular formula is C15H19N7O2. The summed E-state index contributed by atoms with van der Waals surface area (Å²) in [6.45, 7) is 3.11. The Bertz CT molecular complexity index is 784. The molecule has 2 aromatic rings. The minimum atomic E-state index is -0.913. The Labute approximate surface area is 139 Å². The van der Waals surface area contributed by atoms with Crippen molar-refractivity contribution in [3.8, 4) is 0 Å². The van der Waals surface area contributed by atoms with Gasteiger partial charge in [0.25, 0.3) is 0 Å². The van der Waals surface area contributed by atoms with Crippen molar-refractivity contribution >= 4 is 24.0 Å². The van der Waals surface area contributed by atoms with E-state index in [2.05, 4.69) is 26.0 Å². The molecule has 3 heterocycles. The van der Waals surface area contributed by atoms with E-state index in [4.69, 9.17) is 0 Å². The average Bonchev–Trinajstić information content (AvgIpc) is 2.92. The number of fused-ring (bicyclic) bond motifs is 1. The Morgan fingerprint density at radius 3 is 3.08 bits per heavy atom. The van der Waals surface area contributed by atoms with Gasteiger partial charge in [-0.15, -0.1) is 0 Å². The smallest absolute Gasteiger partial charge is 0.352 e. The van der Waals surface area contributed by atoms with Crippen molar-refractivity contribution in [2.75, 3.05) is 16.9 Å². The van der Waals surface area contributed by atoms with Gasteiger partial charge in [-0.05, 0) is 25.0 Å². The monoisotopic (exact) mass is 329 g/mol. The van der Waals surface area contributed by atoms with Gasteiger partial charge in [0.2, 0.25) is 5.95 Å². The largest absolute Gasteiger partial charge is 0.477 e. The lowest BCUT2D eigenvalue weighted by atomic mass is 10.1. The molecule has 1 aliphatic rings. The molecule has 0 atom stereocenters. The van der Waals surface area contributed by atoms with Gasteiger partial charge in [-0.3, -0.25) is 5.43 Å². The first kappa shape index (κ1) is 15.8. The molecule has 9 nitrogen and oxygen atoms in total. The maximum absolute atomic E-state index is 11.3. The molecule has 0 aliphatic carbocycles. The van der Waals surface area contributed by atoms with Crippen molar-refractivity contribution in [2.45, 2.75) is 19.9 Å². The molecule has 1 aliphatic heterocycles. The summed E-state index contributed by atoms with van der Waals surface area (Å²) in [4.78, 5) is 22.1. The van der Waals surface area contributed by atoms with Crippen LogP contribution in [0.5, 0.6) is 0 Å². The van der Waals surface area contributed by atoms with E-state index in [1.54, 1.807) is 43.1 Å². The summed E-state index contributed by atoms with van der Waals surface area (Å²) in [7, 11) is 1.78. The third-order valence-corrected chi connectivity index (χ3v) is 3.96. The van der Waals surface area contributed by atoms with Gasteiger partial charge < -0.3 is 14.6 Å². The number of carbonyl (C=O) groups is 1.